The van der Waals surface area contributed by atoms with Crippen molar-refractivity contribution in [1.82, 2.24) is 10.2 Å². The predicted molar refractivity (Wildman–Crippen MR) is 84.1 cm³/mol. The summed E-state index contributed by atoms with van der Waals surface area (Å²) in [6.07, 6.45) is 5.25. The van der Waals surface area contributed by atoms with Crippen LogP contribution in [-0.4, -0.2) is 46.8 Å². The molecule has 2 atom stereocenters. The fraction of sp³-hybridized carbons (Fsp3) is 0.800. The van der Waals surface area contributed by atoms with E-state index in [1.165, 1.54) is 11.3 Å². The van der Waals surface area contributed by atoms with Crippen LogP contribution in [0.15, 0.2) is 0 Å². The summed E-state index contributed by atoms with van der Waals surface area (Å²) in [7, 11) is 0. The van der Waals surface area contributed by atoms with Crippen molar-refractivity contribution in [2.75, 3.05) is 18.8 Å². The maximum Gasteiger partial charge on any atom is 0.288 e. The molecule has 3 fully saturated rings. The Morgan fingerprint density at radius 2 is 1.95 bits per heavy atom. The van der Waals surface area contributed by atoms with Gasteiger partial charge < -0.3 is 11.1 Å². The number of hydrogen-bond acceptors (Lipinski definition) is 5. The summed E-state index contributed by atoms with van der Waals surface area (Å²) in [6.45, 7) is 0.615. The van der Waals surface area contributed by atoms with Gasteiger partial charge in [-0.3, -0.25) is 19.3 Å². The number of fused-ring (bicyclic) bond motifs is 2. The SMILES string of the molecule is NC1C2CCCC1CC(C(=O)NCCN1C(=O)CSC1=O)C2. The van der Waals surface area contributed by atoms with Crippen LogP contribution in [-0.2, 0) is 9.59 Å². The van der Waals surface area contributed by atoms with E-state index in [0.717, 1.165) is 37.4 Å². The molecule has 3 N–H and O–H groups in total. The fourth-order valence-electron chi connectivity index (χ4n) is 4.04. The Kier molecular flexibility index (Phi) is 4.73. The molecule has 0 radical (unpaired) electrons. The molecule has 22 heavy (non-hydrogen) atoms. The van der Waals surface area contributed by atoms with Crippen molar-refractivity contribution >= 4 is 28.8 Å². The fourth-order valence-corrected chi connectivity index (χ4v) is 4.79. The lowest BCUT2D eigenvalue weighted by atomic mass is 9.65. The Bertz CT molecular complexity index is 455. The van der Waals surface area contributed by atoms with Crippen molar-refractivity contribution in [3.05, 3.63) is 0 Å². The van der Waals surface area contributed by atoms with Crippen LogP contribution >= 0.6 is 11.8 Å². The summed E-state index contributed by atoms with van der Waals surface area (Å²) < 4.78 is 0. The van der Waals surface area contributed by atoms with E-state index in [4.69, 9.17) is 5.73 Å². The van der Waals surface area contributed by atoms with Crippen LogP contribution in [0.2, 0.25) is 0 Å². The van der Waals surface area contributed by atoms with E-state index in [1.54, 1.807) is 0 Å². The highest BCUT2D eigenvalue weighted by Crippen LogP contribution is 2.41. The molecule has 6 nitrogen and oxygen atoms in total. The number of carbonyl (C=O) groups excluding carboxylic acids is 3. The second kappa shape index (κ2) is 6.58. The summed E-state index contributed by atoms with van der Waals surface area (Å²) in [5.74, 6) is 1.09. The molecule has 0 aromatic rings. The molecule has 2 unspecified atom stereocenters. The van der Waals surface area contributed by atoms with E-state index in [1.807, 2.05) is 0 Å². The summed E-state index contributed by atoms with van der Waals surface area (Å²) in [4.78, 5) is 36.5. The highest BCUT2D eigenvalue weighted by atomic mass is 32.2. The van der Waals surface area contributed by atoms with Crippen molar-refractivity contribution in [2.45, 2.75) is 38.1 Å². The van der Waals surface area contributed by atoms with Crippen LogP contribution in [0.4, 0.5) is 4.79 Å². The Labute approximate surface area is 134 Å². The highest BCUT2D eigenvalue weighted by molar-refractivity contribution is 8.14. The maximum absolute atomic E-state index is 12.3. The van der Waals surface area contributed by atoms with Gasteiger partial charge in [-0.2, -0.15) is 0 Å². The minimum absolute atomic E-state index is 0.0365. The Balaban J connectivity index is 1.46. The van der Waals surface area contributed by atoms with Gasteiger partial charge in [-0.05, 0) is 37.5 Å². The molecule has 0 spiro atoms. The van der Waals surface area contributed by atoms with Gasteiger partial charge in [-0.25, -0.2) is 0 Å². The average Bonchev–Trinajstić information content (AvgIpc) is 2.78. The van der Waals surface area contributed by atoms with Crippen LogP contribution in [0.5, 0.6) is 0 Å². The Hall–Kier alpha value is -1.08. The Morgan fingerprint density at radius 3 is 2.55 bits per heavy atom. The van der Waals surface area contributed by atoms with Crippen LogP contribution in [0, 0.1) is 17.8 Å². The average molecular weight is 325 g/mol. The van der Waals surface area contributed by atoms with Crippen molar-refractivity contribution in [3.8, 4) is 0 Å². The zero-order valence-corrected chi connectivity index (χ0v) is 13.4. The number of imide groups is 1. The second-order valence-corrected chi connectivity index (χ2v) is 7.51. The molecule has 3 aliphatic rings. The first-order valence-electron chi connectivity index (χ1n) is 8.06. The van der Waals surface area contributed by atoms with Gasteiger partial charge in [0.25, 0.3) is 5.24 Å². The topological polar surface area (TPSA) is 92.5 Å². The van der Waals surface area contributed by atoms with E-state index in [2.05, 4.69) is 5.32 Å². The zero-order chi connectivity index (χ0) is 15.7. The number of carbonyl (C=O) groups is 3. The molecule has 122 valence electrons. The first-order valence-corrected chi connectivity index (χ1v) is 9.05. The second-order valence-electron chi connectivity index (χ2n) is 6.59. The standard InChI is InChI=1S/C15H23N3O3S/c16-13-9-2-1-3-10(13)7-11(6-9)14(20)17-4-5-18-12(19)8-22-15(18)21/h9-11,13H,1-8,16H2,(H,17,20). The highest BCUT2D eigenvalue weighted by Gasteiger charge is 2.40. The van der Waals surface area contributed by atoms with Gasteiger partial charge >= 0.3 is 0 Å². The third kappa shape index (κ3) is 3.15. The number of nitrogens with one attached hydrogen (secondary N) is 1. The molecule has 3 amide bonds. The lowest BCUT2D eigenvalue weighted by Gasteiger charge is -2.43. The third-order valence-electron chi connectivity index (χ3n) is 5.26. The lowest BCUT2D eigenvalue weighted by Crippen LogP contribution is -2.49. The summed E-state index contributed by atoms with van der Waals surface area (Å²) in [5, 5.41) is 2.68. The minimum atomic E-state index is -0.211. The van der Waals surface area contributed by atoms with Gasteiger partial charge in [0.1, 0.15) is 0 Å². The van der Waals surface area contributed by atoms with Gasteiger partial charge in [0, 0.05) is 25.0 Å². The number of thioether (sulfide) groups is 1. The number of hydrogen-bond donors (Lipinski definition) is 2. The third-order valence-corrected chi connectivity index (χ3v) is 6.12. The molecule has 1 heterocycles. The normalized spacial score (nSPS) is 34.9. The van der Waals surface area contributed by atoms with Crippen LogP contribution in [0.3, 0.4) is 0 Å². The maximum atomic E-state index is 12.3. The molecule has 0 aromatic carbocycles. The number of rotatable bonds is 4. The molecule has 2 bridgehead atoms. The van der Waals surface area contributed by atoms with E-state index in [0.29, 0.717) is 18.4 Å². The van der Waals surface area contributed by atoms with Crippen LogP contribution in [0.1, 0.15) is 32.1 Å². The van der Waals surface area contributed by atoms with Gasteiger partial charge in [-0.1, -0.05) is 18.2 Å². The summed E-state index contributed by atoms with van der Waals surface area (Å²) >= 11 is 1.02. The lowest BCUT2D eigenvalue weighted by molar-refractivity contribution is -0.129. The molecule has 1 saturated heterocycles. The molecule has 2 saturated carbocycles. The molecule has 2 aliphatic carbocycles. The molecule has 7 heteroatoms. The first-order chi connectivity index (χ1) is 10.6. The largest absolute Gasteiger partial charge is 0.354 e. The summed E-state index contributed by atoms with van der Waals surface area (Å²) in [5.41, 5.74) is 6.24. The molecule has 1 aliphatic heterocycles. The molecule has 3 rings (SSSR count). The Morgan fingerprint density at radius 1 is 1.27 bits per heavy atom. The number of nitrogens with two attached hydrogens (primary N) is 1. The summed E-state index contributed by atoms with van der Waals surface area (Å²) in [6, 6.07) is 0.259. The van der Waals surface area contributed by atoms with E-state index >= 15 is 0 Å². The van der Waals surface area contributed by atoms with E-state index in [-0.39, 0.29) is 41.3 Å². The van der Waals surface area contributed by atoms with E-state index < -0.39 is 0 Å². The van der Waals surface area contributed by atoms with Crippen LogP contribution in [0.25, 0.3) is 0 Å². The van der Waals surface area contributed by atoms with Crippen molar-refractivity contribution in [1.29, 1.82) is 0 Å². The quantitative estimate of drug-likeness (QED) is 0.803. The number of amides is 3. The monoisotopic (exact) mass is 325 g/mol. The van der Waals surface area contributed by atoms with Gasteiger partial charge in [-0.15, -0.1) is 0 Å². The first kappa shape index (κ1) is 15.8. The van der Waals surface area contributed by atoms with Crippen molar-refractivity contribution in [2.24, 2.45) is 23.5 Å². The molecular formula is C15H23N3O3S. The van der Waals surface area contributed by atoms with E-state index in [9.17, 15) is 14.4 Å². The minimum Gasteiger partial charge on any atom is -0.354 e. The van der Waals surface area contributed by atoms with Crippen molar-refractivity contribution < 1.29 is 14.4 Å². The predicted octanol–water partition coefficient (Wildman–Crippen LogP) is 0.952. The smallest absolute Gasteiger partial charge is 0.288 e. The van der Waals surface area contributed by atoms with Gasteiger partial charge in [0.05, 0.1) is 5.75 Å². The zero-order valence-electron chi connectivity index (χ0n) is 12.6. The van der Waals surface area contributed by atoms with Crippen molar-refractivity contribution in [3.63, 3.8) is 0 Å². The molecular weight excluding hydrogens is 302 g/mol. The van der Waals surface area contributed by atoms with Crippen LogP contribution < -0.4 is 11.1 Å². The van der Waals surface area contributed by atoms with Gasteiger partial charge in [0.2, 0.25) is 11.8 Å². The van der Waals surface area contributed by atoms with Gasteiger partial charge in [0.15, 0.2) is 0 Å². The molecule has 0 aromatic heterocycles. The number of nitrogens with zero attached hydrogens (tertiary/aromatic N) is 1.